The van der Waals surface area contributed by atoms with Crippen molar-refractivity contribution in [1.29, 1.82) is 0 Å². The molecule has 0 spiro atoms. The fraction of sp³-hybridized carbons (Fsp3) is 0.300. The zero-order valence-electron chi connectivity index (χ0n) is 8.41. The molecule has 0 aromatic heterocycles. The van der Waals surface area contributed by atoms with Gasteiger partial charge in [-0.1, -0.05) is 11.6 Å². The molecule has 1 aromatic carbocycles. The van der Waals surface area contributed by atoms with E-state index in [9.17, 15) is 4.79 Å². The smallest absolute Gasteiger partial charge is 0.342 e. The van der Waals surface area contributed by atoms with Crippen molar-refractivity contribution in [2.45, 2.75) is 11.8 Å². The third kappa shape index (κ3) is 2.79. The van der Waals surface area contributed by atoms with Crippen LogP contribution in [0.5, 0.6) is 5.75 Å². The second kappa shape index (κ2) is 5.28. The van der Waals surface area contributed by atoms with Crippen LogP contribution in [0.3, 0.4) is 0 Å². The molecule has 0 unspecified atom stereocenters. The number of esters is 1. The highest BCUT2D eigenvalue weighted by Gasteiger charge is 2.16. The Morgan fingerprint density at radius 3 is 2.73 bits per heavy atom. The standard InChI is InChI=1S/C10H11ClO3S/c1-3-14-10(12)7-4-6(11)5-8(15)9(7)13-2/h4-5,15H,3H2,1-2H3. The first kappa shape index (κ1) is 12.2. The molecule has 0 aliphatic heterocycles. The van der Waals surface area contributed by atoms with Crippen LogP contribution in [0.25, 0.3) is 0 Å². The maximum Gasteiger partial charge on any atom is 0.342 e. The van der Waals surface area contributed by atoms with Crippen LogP contribution in [0, 0.1) is 0 Å². The van der Waals surface area contributed by atoms with Crippen molar-refractivity contribution >= 4 is 30.2 Å². The molecule has 0 saturated carbocycles. The number of carbonyl (C=O) groups excluding carboxylic acids is 1. The lowest BCUT2D eigenvalue weighted by Crippen LogP contribution is -2.07. The van der Waals surface area contributed by atoms with Gasteiger partial charge in [0.15, 0.2) is 0 Å². The average Bonchev–Trinajstić information content (AvgIpc) is 2.17. The van der Waals surface area contributed by atoms with E-state index < -0.39 is 5.97 Å². The number of carbonyl (C=O) groups is 1. The summed E-state index contributed by atoms with van der Waals surface area (Å²) < 4.78 is 9.93. The lowest BCUT2D eigenvalue weighted by molar-refractivity contribution is 0.0522. The summed E-state index contributed by atoms with van der Waals surface area (Å²) in [7, 11) is 1.46. The molecule has 15 heavy (non-hydrogen) atoms. The van der Waals surface area contributed by atoms with Gasteiger partial charge in [0.1, 0.15) is 11.3 Å². The molecule has 1 aromatic rings. The van der Waals surface area contributed by atoms with Gasteiger partial charge in [0.2, 0.25) is 0 Å². The molecule has 5 heteroatoms. The number of ether oxygens (including phenoxy) is 2. The van der Waals surface area contributed by atoms with Gasteiger partial charge in [0.05, 0.1) is 13.7 Å². The predicted molar refractivity (Wildman–Crippen MR) is 61.2 cm³/mol. The molecule has 0 bridgehead atoms. The van der Waals surface area contributed by atoms with Gasteiger partial charge in [-0.2, -0.15) is 0 Å². The zero-order chi connectivity index (χ0) is 11.4. The Balaban J connectivity index is 3.20. The zero-order valence-corrected chi connectivity index (χ0v) is 10.1. The summed E-state index contributed by atoms with van der Waals surface area (Å²) in [5.74, 6) is -0.0895. The molecule has 0 heterocycles. The Labute approximate surface area is 98.7 Å². The molecule has 0 atom stereocenters. The number of methoxy groups -OCH3 is 1. The maximum absolute atomic E-state index is 11.5. The Hall–Kier alpha value is -0.870. The van der Waals surface area contributed by atoms with Gasteiger partial charge in [-0.25, -0.2) is 4.79 Å². The summed E-state index contributed by atoms with van der Waals surface area (Å²) in [5, 5.41) is 0.420. The van der Waals surface area contributed by atoms with Crippen LogP contribution in [-0.4, -0.2) is 19.7 Å². The van der Waals surface area contributed by atoms with Crippen LogP contribution < -0.4 is 4.74 Å². The molecule has 0 aliphatic rings. The van der Waals surface area contributed by atoms with Crippen LogP contribution in [0.4, 0.5) is 0 Å². The molecule has 1 rings (SSSR count). The number of thiol groups is 1. The molecule has 3 nitrogen and oxygen atoms in total. The minimum absolute atomic E-state index is 0.289. The lowest BCUT2D eigenvalue weighted by atomic mass is 10.2. The summed E-state index contributed by atoms with van der Waals surface area (Å²) in [6.07, 6.45) is 0. The van der Waals surface area contributed by atoms with Crippen molar-refractivity contribution < 1.29 is 14.3 Å². The Bertz CT molecular complexity index is 379. The molecule has 82 valence electrons. The summed E-state index contributed by atoms with van der Waals surface area (Å²) in [4.78, 5) is 12.0. The largest absolute Gasteiger partial charge is 0.495 e. The molecule has 0 saturated heterocycles. The molecular formula is C10H11ClO3S. The van der Waals surface area contributed by atoms with E-state index in [1.165, 1.54) is 13.2 Å². The van der Waals surface area contributed by atoms with Gasteiger partial charge in [0.25, 0.3) is 0 Å². The van der Waals surface area contributed by atoms with Gasteiger partial charge >= 0.3 is 5.97 Å². The molecule has 0 N–H and O–H groups in total. The fourth-order valence-corrected chi connectivity index (χ4v) is 1.80. The van der Waals surface area contributed by atoms with Gasteiger partial charge in [0, 0.05) is 9.92 Å². The van der Waals surface area contributed by atoms with Crippen molar-refractivity contribution in [3.63, 3.8) is 0 Å². The maximum atomic E-state index is 11.5. The highest BCUT2D eigenvalue weighted by Crippen LogP contribution is 2.31. The minimum atomic E-state index is -0.466. The number of rotatable bonds is 3. The van der Waals surface area contributed by atoms with Crippen molar-refractivity contribution in [1.82, 2.24) is 0 Å². The highest BCUT2D eigenvalue weighted by molar-refractivity contribution is 7.80. The van der Waals surface area contributed by atoms with Crippen molar-refractivity contribution in [3.05, 3.63) is 22.7 Å². The molecule has 0 amide bonds. The Morgan fingerprint density at radius 1 is 1.53 bits per heavy atom. The van der Waals surface area contributed by atoms with Crippen LogP contribution in [0.15, 0.2) is 17.0 Å². The van der Waals surface area contributed by atoms with Crippen molar-refractivity contribution in [2.75, 3.05) is 13.7 Å². The summed E-state index contributed by atoms with van der Waals surface area (Å²) >= 11 is 9.97. The number of hydrogen-bond acceptors (Lipinski definition) is 4. The molecule has 0 fully saturated rings. The van der Waals surface area contributed by atoms with Gasteiger partial charge in [-0.15, -0.1) is 12.6 Å². The van der Waals surface area contributed by atoms with E-state index in [0.29, 0.717) is 22.3 Å². The second-order valence-corrected chi connectivity index (χ2v) is 3.64. The van der Waals surface area contributed by atoms with Gasteiger partial charge in [-0.3, -0.25) is 0 Å². The van der Waals surface area contributed by atoms with Gasteiger partial charge < -0.3 is 9.47 Å². The van der Waals surface area contributed by atoms with E-state index in [-0.39, 0.29) is 5.56 Å². The summed E-state index contributed by atoms with van der Waals surface area (Å²) in [6, 6.07) is 3.10. The summed E-state index contributed by atoms with van der Waals surface area (Å²) in [5.41, 5.74) is 0.289. The number of halogens is 1. The Kier molecular flexibility index (Phi) is 4.29. The van der Waals surface area contributed by atoms with Gasteiger partial charge in [-0.05, 0) is 19.1 Å². The normalized spacial score (nSPS) is 9.87. The minimum Gasteiger partial charge on any atom is -0.495 e. The predicted octanol–water partition coefficient (Wildman–Crippen LogP) is 2.81. The first-order valence-corrected chi connectivity index (χ1v) is 5.16. The molecular weight excluding hydrogens is 236 g/mol. The second-order valence-electron chi connectivity index (χ2n) is 2.73. The van der Waals surface area contributed by atoms with Crippen LogP contribution >= 0.6 is 24.2 Å². The Morgan fingerprint density at radius 2 is 2.20 bits per heavy atom. The number of hydrogen-bond donors (Lipinski definition) is 1. The quantitative estimate of drug-likeness (QED) is 0.658. The monoisotopic (exact) mass is 246 g/mol. The highest BCUT2D eigenvalue weighted by atomic mass is 35.5. The first-order valence-electron chi connectivity index (χ1n) is 4.33. The summed E-state index contributed by atoms with van der Waals surface area (Å²) in [6.45, 7) is 2.03. The SMILES string of the molecule is CCOC(=O)c1cc(Cl)cc(S)c1OC. The van der Waals surface area contributed by atoms with E-state index >= 15 is 0 Å². The van der Waals surface area contributed by atoms with Crippen LogP contribution in [-0.2, 0) is 4.74 Å². The van der Waals surface area contributed by atoms with Crippen molar-refractivity contribution in [3.8, 4) is 5.75 Å². The fourth-order valence-electron chi connectivity index (χ4n) is 1.15. The third-order valence-corrected chi connectivity index (χ3v) is 2.28. The van der Waals surface area contributed by atoms with E-state index in [4.69, 9.17) is 21.1 Å². The molecule has 0 radical (unpaired) electrons. The van der Waals surface area contributed by atoms with Crippen LogP contribution in [0.1, 0.15) is 17.3 Å². The van der Waals surface area contributed by atoms with E-state index in [1.54, 1.807) is 13.0 Å². The van der Waals surface area contributed by atoms with Crippen molar-refractivity contribution in [2.24, 2.45) is 0 Å². The first-order chi connectivity index (χ1) is 7.10. The third-order valence-electron chi connectivity index (χ3n) is 1.73. The lowest BCUT2D eigenvalue weighted by Gasteiger charge is -2.10. The van der Waals surface area contributed by atoms with Crippen LogP contribution in [0.2, 0.25) is 5.02 Å². The topological polar surface area (TPSA) is 35.5 Å². The number of benzene rings is 1. The average molecular weight is 247 g/mol. The molecule has 0 aliphatic carbocycles. The van der Waals surface area contributed by atoms with E-state index in [0.717, 1.165) is 0 Å². The van der Waals surface area contributed by atoms with E-state index in [2.05, 4.69) is 12.6 Å². The van der Waals surface area contributed by atoms with E-state index in [1.807, 2.05) is 0 Å².